The Kier molecular flexibility index (Phi) is 5.22. The van der Waals surface area contributed by atoms with Gasteiger partial charge in [-0.15, -0.1) is 0 Å². The first-order valence-electron chi connectivity index (χ1n) is 8.32. The normalized spacial score (nSPS) is 13.7. The summed E-state index contributed by atoms with van der Waals surface area (Å²) < 4.78 is 0. The molecule has 1 amide bonds. The molecular formula is C20H20N4O. The van der Waals surface area contributed by atoms with Crippen molar-refractivity contribution in [2.75, 3.05) is 18.4 Å². The number of carbonyl (C=O) groups is 1. The smallest absolute Gasteiger partial charge is 0.228 e. The number of pyridine rings is 1. The predicted octanol–water partition coefficient (Wildman–Crippen LogP) is 2.82. The van der Waals surface area contributed by atoms with E-state index < -0.39 is 0 Å². The van der Waals surface area contributed by atoms with Gasteiger partial charge in [-0.2, -0.15) is 5.26 Å². The number of nitrogens with one attached hydrogen (secondary N) is 2. The zero-order valence-corrected chi connectivity index (χ0v) is 14.2. The Morgan fingerprint density at radius 3 is 2.92 bits per heavy atom. The quantitative estimate of drug-likeness (QED) is 0.902. The Balaban J connectivity index is 1.83. The molecule has 25 heavy (non-hydrogen) atoms. The molecular weight excluding hydrogens is 312 g/mol. The molecule has 5 nitrogen and oxygen atoms in total. The summed E-state index contributed by atoms with van der Waals surface area (Å²) in [6.45, 7) is 3.60. The predicted molar refractivity (Wildman–Crippen MR) is 97.9 cm³/mol. The fourth-order valence-electron chi connectivity index (χ4n) is 2.94. The molecule has 0 radical (unpaired) electrons. The number of nitrogens with zero attached hydrogens (tertiary/aromatic N) is 2. The molecule has 1 aromatic heterocycles. The highest BCUT2D eigenvalue weighted by Gasteiger charge is 2.17. The van der Waals surface area contributed by atoms with Crippen molar-refractivity contribution in [1.29, 1.82) is 5.26 Å². The van der Waals surface area contributed by atoms with Gasteiger partial charge in [-0.05, 0) is 48.7 Å². The van der Waals surface area contributed by atoms with E-state index >= 15 is 0 Å². The van der Waals surface area contributed by atoms with Crippen LogP contribution in [0.5, 0.6) is 0 Å². The molecule has 2 N–H and O–H groups in total. The third kappa shape index (κ3) is 3.93. The lowest BCUT2D eigenvalue weighted by Gasteiger charge is -2.16. The van der Waals surface area contributed by atoms with Gasteiger partial charge in [-0.1, -0.05) is 24.3 Å². The van der Waals surface area contributed by atoms with Crippen molar-refractivity contribution in [2.45, 2.75) is 19.8 Å². The van der Waals surface area contributed by atoms with Crippen LogP contribution in [0.15, 0.2) is 42.6 Å². The molecule has 0 atom stereocenters. The number of benzene rings is 1. The van der Waals surface area contributed by atoms with Gasteiger partial charge in [0.15, 0.2) is 0 Å². The van der Waals surface area contributed by atoms with E-state index in [4.69, 9.17) is 0 Å². The van der Waals surface area contributed by atoms with E-state index in [1.807, 2.05) is 31.2 Å². The number of hydrogen-bond acceptors (Lipinski definition) is 4. The Morgan fingerprint density at radius 1 is 1.36 bits per heavy atom. The first kappa shape index (κ1) is 16.9. The van der Waals surface area contributed by atoms with Crippen molar-refractivity contribution in [3.05, 3.63) is 65.0 Å². The van der Waals surface area contributed by atoms with Crippen molar-refractivity contribution >= 4 is 17.2 Å². The molecule has 0 saturated carbocycles. The molecule has 3 rings (SSSR count). The second-order valence-electron chi connectivity index (χ2n) is 6.03. The van der Waals surface area contributed by atoms with Crippen molar-refractivity contribution in [3.63, 3.8) is 0 Å². The zero-order chi connectivity index (χ0) is 17.6. The van der Waals surface area contributed by atoms with E-state index in [0.717, 1.165) is 36.3 Å². The second kappa shape index (κ2) is 7.73. The lowest BCUT2D eigenvalue weighted by atomic mass is 9.96. The van der Waals surface area contributed by atoms with Crippen molar-refractivity contribution < 1.29 is 4.79 Å². The molecule has 2 aromatic rings. The highest BCUT2D eigenvalue weighted by Crippen LogP contribution is 2.24. The van der Waals surface area contributed by atoms with Crippen LogP contribution in [0.25, 0.3) is 5.57 Å². The molecule has 5 heteroatoms. The number of aromatic nitrogens is 1. The van der Waals surface area contributed by atoms with Crippen LogP contribution in [-0.2, 0) is 11.2 Å². The third-order valence-electron chi connectivity index (χ3n) is 4.29. The molecule has 0 aliphatic carbocycles. The van der Waals surface area contributed by atoms with Crippen LogP contribution in [0.3, 0.4) is 0 Å². The minimum atomic E-state index is -0.137. The first-order chi connectivity index (χ1) is 12.2. The number of aryl methyl sites for hydroxylation is 1. The maximum absolute atomic E-state index is 12.4. The average Bonchev–Trinajstić information content (AvgIpc) is 2.64. The topological polar surface area (TPSA) is 77.8 Å². The summed E-state index contributed by atoms with van der Waals surface area (Å²) in [6, 6.07) is 11.6. The molecule has 0 fully saturated rings. The summed E-state index contributed by atoms with van der Waals surface area (Å²) in [6.07, 6.45) is 4.72. The number of carbonyl (C=O) groups excluding carboxylic acids is 1. The fourth-order valence-corrected chi connectivity index (χ4v) is 2.94. The van der Waals surface area contributed by atoms with E-state index in [-0.39, 0.29) is 12.3 Å². The number of nitriles is 1. The Labute approximate surface area is 147 Å². The van der Waals surface area contributed by atoms with Gasteiger partial charge in [0.2, 0.25) is 5.91 Å². The largest absolute Gasteiger partial charge is 0.326 e. The van der Waals surface area contributed by atoms with Crippen LogP contribution in [0.1, 0.15) is 28.8 Å². The van der Waals surface area contributed by atoms with E-state index in [0.29, 0.717) is 16.8 Å². The molecule has 0 bridgehead atoms. The lowest BCUT2D eigenvalue weighted by molar-refractivity contribution is -0.115. The van der Waals surface area contributed by atoms with Gasteiger partial charge < -0.3 is 10.6 Å². The Bertz CT molecular complexity index is 864. The van der Waals surface area contributed by atoms with Gasteiger partial charge >= 0.3 is 0 Å². The summed E-state index contributed by atoms with van der Waals surface area (Å²) in [5.41, 5.74) is 4.77. The lowest BCUT2D eigenvalue weighted by Crippen LogP contribution is -2.21. The minimum absolute atomic E-state index is 0.137. The summed E-state index contributed by atoms with van der Waals surface area (Å²) in [5, 5.41) is 15.8. The van der Waals surface area contributed by atoms with Crippen molar-refractivity contribution in [1.82, 2.24) is 10.3 Å². The maximum atomic E-state index is 12.4. The van der Waals surface area contributed by atoms with Crippen LogP contribution in [0.4, 0.5) is 5.69 Å². The van der Waals surface area contributed by atoms with Crippen LogP contribution in [0.2, 0.25) is 0 Å². The number of hydrogen-bond donors (Lipinski definition) is 2. The van der Waals surface area contributed by atoms with E-state index in [1.54, 1.807) is 12.3 Å². The Hall–Kier alpha value is -2.97. The van der Waals surface area contributed by atoms with Gasteiger partial charge in [0.1, 0.15) is 6.07 Å². The molecule has 2 heterocycles. The summed E-state index contributed by atoms with van der Waals surface area (Å²) in [5.74, 6) is -0.137. The highest BCUT2D eigenvalue weighted by atomic mass is 16.1. The first-order valence-corrected chi connectivity index (χ1v) is 8.32. The van der Waals surface area contributed by atoms with Gasteiger partial charge in [-0.3, -0.25) is 9.78 Å². The van der Waals surface area contributed by atoms with Crippen LogP contribution in [-0.4, -0.2) is 24.0 Å². The molecule has 0 unspecified atom stereocenters. The van der Waals surface area contributed by atoms with Crippen molar-refractivity contribution in [3.8, 4) is 6.07 Å². The second-order valence-corrected chi connectivity index (χ2v) is 6.03. The van der Waals surface area contributed by atoms with Crippen LogP contribution in [0, 0.1) is 18.3 Å². The molecule has 0 saturated heterocycles. The van der Waals surface area contributed by atoms with E-state index in [2.05, 4.69) is 27.8 Å². The van der Waals surface area contributed by atoms with Gasteiger partial charge in [0.05, 0.1) is 17.7 Å². The standard InChI is InChI=1S/C20H20N4O/c1-14-4-2-3-5-18(14)24-19(25)12-16-8-11-23-20(17(16)13-21)15-6-9-22-10-7-15/h2-6,8,11,22H,7,9-10,12H2,1H3,(H,24,25). The SMILES string of the molecule is Cc1ccccc1NC(=O)Cc1ccnc(C2=CCNCC2)c1C#N. The molecule has 0 spiro atoms. The van der Waals surface area contributed by atoms with Gasteiger partial charge in [-0.25, -0.2) is 0 Å². The Morgan fingerprint density at radius 2 is 2.20 bits per heavy atom. The van der Waals surface area contributed by atoms with Crippen LogP contribution >= 0.6 is 0 Å². The molecule has 1 aromatic carbocycles. The van der Waals surface area contributed by atoms with Gasteiger partial charge in [0, 0.05) is 18.4 Å². The monoisotopic (exact) mass is 332 g/mol. The molecule has 1 aliphatic heterocycles. The number of rotatable bonds is 4. The third-order valence-corrected chi connectivity index (χ3v) is 4.29. The molecule has 126 valence electrons. The van der Waals surface area contributed by atoms with E-state index in [9.17, 15) is 10.1 Å². The molecule has 1 aliphatic rings. The summed E-state index contributed by atoms with van der Waals surface area (Å²) in [4.78, 5) is 16.8. The van der Waals surface area contributed by atoms with E-state index in [1.165, 1.54) is 0 Å². The van der Waals surface area contributed by atoms with Gasteiger partial charge in [0.25, 0.3) is 0 Å². The minimum Gasteiger partial charge on any atom is -0.326 e. The maximum Gasteiger partial charge on any atom is 0.228 e. The average molecular weight is 332 g/mol. The van der Waals surface area contributed by atoms with Crippen LogP contribution < -0.4 is 10.6 Å². The van der Waals surface area contributed by atoms with Crippen molar-refractivity contribution in [2.24, 2.45) is 0 Å². The zero-order valence-electron chi connectivity index (χ0n) is 14.2. The highest BCUT2D eigenvalue weighted by molar-refractivity contribution is 5.93. The fraction of sp³-hybridized carbons (Fsp3) is 0.250. The number of para-hydroxylation sites is 1. The number of anilines is 1. The summed E-state index contributed by atoms with van der Waals surface area (Å²) >= 11 is 0. The summed E-state index contributed by atoms with van der Waals surface area (Å²) in [7, 11) is 0. The number of amides is 1.